The van der Waals surface area contributed by atoms with Gasteiger partial charge in [-0.25, -0.2) is 0 Å². The summed E-state index contributed by atoms with van der Waals surface area (Å²) in [6, 6.07) is 12.9. The molecule has 4 rings (SSSR count). The minimum Gasteiger partial charge on any atom is -0.353 e. The molecule has 0 bridgehead atoms. The first kappa shape index (κ1) is 12.2. The zero-order valence-corrected chi connectivity index (χ0v) is 11.6. The lowest BCUT2D eigenvalue weighted by atomic mass is 10.0. The minimum absolute atomic E-state index is 0.238. The van der Waals surface area contributed by atoms with Gasteiger partial charge in [-0.3, -0.25) is 10.2 Å². The number of nitrogens with one attached hydrogen (secondary N) is 3. The summed E-state index contributed by atoms with van der Waals surface area (Å²) in [7, 11) is 0. The number of rotatable bonds is 0. The maximum Gasteiger partial charge on any atom is 0.258 e. The Hall–Kier alpha value is -2.59. The first-order chi connectivity index (χ1) is 10.2. The van der Waals surface area contributed by atoms with Gasteiger partial charge in [0, 0.05) is 16.8 Å². The van der Waals surface area contributed by atoms with Gasteiger partial charge in [-0.2, -0.15) is 0 Å². The van der Waals surface area contributed by atoms with Crippen molar-refractivity contribution in [2.45, 2.75) is 0 Å². The monoisotopic (exact) mass is 295 g/mol. The Labute approximate surface area is 125 Å². The lowest BCUT2D eigenvalue weighted by Gasteiger charge is -2.05. The summed E-state index contributed by atoms with van der Waals surface area (Å²) in [5.41, 5.74) is 4.29. The van der Waals surface area contributed by atoms with Crippen molar-refractivity contribution in [1.29, 1.82) is 5.41 Å². The zero-order chi connectivity index (χ0) is 14.6. The van der Waals surface area contributed by atoms with Crippen LogP contribution in [-0.2, 0) is 4.79 Å². The van der Waals surface area contributed by atoms with Gasteiger partial charge in [0.25, 0.3) is 5.91 Å². The molecule has 5 heteroatoms. The Morgan fingerprint density at radius 3 is 2.52 bits per heavy atom. The Kier molecular flexibility index (Phi) is 2.43. The van der Waals surface area contributed by atoms with Crippen molar-refractivity contribution >= 4 is 40.2 Å². The Morgan fingerprint density at radius 2 is 1.71 bits per heavy atom. The maximum atomic E-state index is 12.3. The van der Waals surface area contributed by atoms with Crippen LogP contribution in [0, 0.1) is 5.41 Å². The summed E-state index contributed by atoms with van der Waals surface area (Å²) in [5.74, 6) is -0.238. The van der Waals surface area contributed by atoms with Crippen LogP contribution < -0.4 is 10.6 Å². The second-order valence-electron chi connectivity index (χ2n) is 4.91. The lowest BCUT2D eigenvalue weighted by Crippen LogP contribution is -2.11. The van der Waals surface area contributed by atoms with Gasteiger partial charge in [-0.15, -0.1) is 0 Å². The molecule has 3 N–H and O–H groups in total. The number of halogens is 1. The molecule has 0 spiro atoms. The van der Waals surface area contributed by atoms with Crippen molar-refractivity contribution < 1.29 is 4.79 Å². The van der Waals surface area contributed by atoms with Crippen LogP contribution in [0.2, 0.25) is 5.02 Å². The molecule has 2 aromatic rings. The summed E-state index contributed by atoms with van der Waals surface area (Å²) in [4.78, 5) is 12.3. The molecule has 0 unspecified atom stereocenters. The topological polar surface area (TPSA) is 65.0 Å². The lowest BCUT2D eigenvalue weighted by molar-refractivity contribution is -0.110. The Balaban J connectivity index is 1.95. The van der Waals surface area contributed by atoms with Gasteiger partial charge >= 0.3 is 0 Å². The van der Waals surface area contributed by atoms with Crippen LogP contribution in [-0.4, -0.2) is 11.6 Å². The fraction of sp³-hybridized carbons (Fsp3) is 0. The molecule has 102 valence electrons. The number of anilines is 2. The summed E-state index contributed by atoms with van der Waals surface area (Å²) < 4.78 is 0. The molecule has 0 fully saturated rings. The number of carbonyl (C=O) groups excluding carboxylic acids is 1. The smallest absolute Gasteiger partial charge is 0.258 e. The standard InChI is InChI=1S/C16H10ClN3O/c17-10-6-3-5-9-12(16(21)20-14(9)10)15-13(18)8-4-1-2-7-11(8)19-15/h1-7,18-19H,(H,20,21)/b15-12-,18-13?. The van der Waals surface area contributed by atoms with Crippen LogP contribution in [0.25, 0.3) is 5.57 Å². The van der Waals surface area contributed by atoms with E-state index in [0.717, 1.165) is 16.8 Å². The molecule has 0 aliphatic carbocycles. The molecule has 2 aliphatic heterocycles. The highest BCUT2D eigenvalue weighted by atomic mass is 35.5. The van der Waals surface area contributed by atoms with E-state index in [1.165, 1.54) is 0 Å². The highest BCUT2D eigenvalue weighted by molar-refractivity contribution is 6.43. The molecule has 0 radical (unpaired) electrons. The predicted octanol–water partition coefficient (Wildman–Crippen LogP) is 3.50. The average molecular weight is 296 g/mol. The third-order valence-corrected chi connectivity index (χ3v) is 4.02. The summed E-state index contributed by atoms with van der Waals surface area (Å²) in [6.45, 7) is 0. The van der Waals surface area contributed by atoms with E-state index in [2.05, 4.69) is 10.6 Å². The van der Waals surface area contributed by atoms with Crippen molar-refractivity contribution in [1.82, 2.24) is 0 Å². The van der Waals surface area contributed by atoms with Gasteiger partial charge in [-0.1, -0.05) is 41.9 Å². The first-order valence-corrected chi connectivity index (χ1v) is 6.84. The quantitative estimate of drug-likeness (QED) is 0.651. The number of para-hydroxylation sites is 2. The fourth-order valence-corrected chi connectivity index (χ4v) is 2.96. The van der Waals surface area contributed by atoms with E-state index in [-0.39, 0.29) is 5.91 Å². The second kappa shape index (κ2) is 4.20. The highest BCUT2D eigenvalue weighted by Crippen LogP contribution is 2.41. The third-order valence-electron chi connectivity index (χ3n) is 3.70. The Morgan fingerprint density at radius 1 is 0.952 bits per heavy atom. The Bertz CT molecular complexity index is 854. The van der Waals surface area contributed by atoms with Crippen LogP contribution in [0.15, 0.2) is 48.2 Å². The van der Waals surface area contributed by atoms with Gasteiger partial charge in [0.05, 0.1) is 27.7 Å². The molecule has 0 saturated heterocycles. The molecule has 0 atom stereocenters. The van der Waals surface area contributed by atoms with E-state index >= 15 is 0 Å². The molecular formula is C16H10ClN3O. The molecule has 2 heterocycles. The van der Waals surface area contributed by atoms with Crippen LogP contribution in [0.5, 0.6) is 0 Å². The molecule has 0 saturated carbocycles. The zero-order valence-electron chi connectivity index (χ0n) is 10.8. The highest BCUT2D eigenvalue weighted by Gasteiger charge is 2.33. The molecule has 0 aromatic heterocycles. The van der Waals surface area contributed by atoms with Crippen LogP contribution in [0.3, 0.4) is 0 Å². The van der Waals surface area contributed by atoms with Gasteiger partial charge in [0.1, 0.15) is 0 Å². The van der Waals surface area contributed by atoms with Crippen LogP contribution in [0.4, 0.5) is 11.4 Å². The molecule has 4 nitrogen and oxygen atoms in total. The number of hydrogen-bond donors (Lipinski definition) is 3. The van der Waals surface area contributed by atoms with Crippen molar-refractivity contribution in [3.63, 3.8) is 0 Å². The molecule has 21 heavy (non-hydrogen) atoms. The van der Waals surface area contributed by atoms with Gasteiger partial charge in [0.2, 0.25) is 0 Å². The maximum absolute atomic E-state index is 12.3. The number of amides is 1. The molecule has 2 aromatic carbocycles. The van der Waals surface area contributed by atoms with E-state index in [4.69, 9.17) is 17.0 Å². The number of carbonyl (C=O) groups is 1. The van der Waals surface area contributed by atoms with Gasteiger partial charge in [0.15, 0.2) is 0 Å². The molecule has 2 aliphatic rings. The third kappa shape index (κ3) is 1.63. The number of fused-ring (bicyclic) bond motifs is 2. The average Bonchev–Trinajstić information content (AvgIpc) is 2.98. The number of benzene rings is 2. The largest absolute Gasteiger partial charge is 0.353 e. The number of hydrogen-bond acceptors (Lipinski definition) is 3. The predicted molar refractivity (Wildman–Crippen MR) is 83.9 cm³/mol. The van der Waals surface area contributed by atoms with E-state index in [1.54, 1.807) is 12.1 Å². The normalized spacial score (nSPS) is 19.1. The van der Waals surface area contributed by atoms with Gasteiger partial charge in [-0.05, 0) is 12.1 Å². The van der Waals surface area contributed by atoms with Crippen LogP contribution in [0.1, 0.15) is 11.1 Å². The van der Waals surface area contributed by atoms with Crippen LogP contribution >= 0.6 is 11.6 Å². The summed E-state index contributed by atoms with van der Waals surface area (Å²) in [5, 5.41) is 14.7. The number of allylic oxidation sites excluding steroid dienone is 1. The first-order valence-electron chi connectivity index (χ1n) is 6.46. The molecule has 1 amide bonds. The van der Waals surface area contributed by atoms with E-state index in [1.807, 2.05) is 30.3 Å². The van der Waals surface area contributed by atoms with Crippen molar-refractivity contribution in [3.8, 4) is 0 Å². The summed E-state index contributed by atoms with van der Waals surface area (Å²) in [6.07, 6.45) is 0. The second-order valence-corrected chi connectivity index (χ2v) is 5.32. The van der Waals surface area contributed by atoms with E-state index < -0.39 is 0 Å². The fourth-order valence-electron chi connectivity index (χ4n) is 2.74. The minimum atomic E-state index is -0.238. The molecular weight excluding hydrogens is 286 g/mol. The summed E-state index contributed by atoms with van der Waals surface area (Å²) >= 11 is 6.12. The van der Waals surface area contributed by atoms with E-state index in [9.17, 15) is 4.79 Å². The van der Waals surface area contributed by atoms with Crippen molar-refractivity contribution in [2.75, 3.05) is 10.6 Å². The van der Waals surface area contributed by atoms with E-state index in [0.29, 0.717) is 27.7 Å². The van der Waals surface area contributed by atoms with Gasteiger partial charge < -0.3 is 10.6 Å². The SMILES string of the molecule is N=C1/C(=C2/C(=O)Nc3c(Cl)cccc32)Nc2ccccc21. The van der Waals surface area contributed by atoms with Crippen molar-refractivity contribution in [3.05, 3.63) is 64.3 Å². The van der Waals surface area contributed by atoms with Crippen molar-refractivity contribution in [2.24, 2.45) is 0 Å².